The Hall–Kier alpha value is -2.13. The minimum atomic E-state index is -0.00984. The first-order chi connectivity index (χ1) is 12.3. The highest BCUT2D eigenvalue weighted by Gasteiger charge is 2.29. The number of hydrogen-bond acceptors (Lipinski definition) is 8. The van der Waals surface area contributed by atoms with Gasteiger partial charge in [-0.25, -0.2) is 9.97 Å². The lowest BCUT2D eigenvalue weighted by molar-refractivity contribution is 0.0754. The average molecular weight is 360 g/mol. The molecule has 132 valence electrons. The van der Waals surface area contributed by atoms with Crippen LogP contribution in [0.2, 0.25) is 0 Å². The van der Waals surface area contributed by atoms with Crippen LogP contribution in [-0.4, -0.2) is 56.7 Å². The molecule has 0 unspecified atom stereocenters. The van der Waals surface area contributed by atoms with Crippen LogP contribution in [0.5, 0.6) is 0 Å². The summed E-state index contributed by atoms with van der Waals surface area (Å²) in [5, 5.41) is 4.10. The fourth-order valence-corrected chi connectivity index (χ4v) is 3.79. The van der Waals surface area contributed by atoms with Crippen LogP contribution in [0.4, 0.5) is 5.95 Å². The summed E-state index contributed by atoms with van der Waals surface area (Å²) in [4.78, 5) is 26.6. The number of fused-ring (bicyclic) bond motifs is 1. The second kappa shape index (κ2) is 7.01. The third-order valence-corrected chi connectivity index (χ3v) is 5.22. The van der Waals surface area contributed by atoms with Crippen molar-refractivity contribution in [3.8, 4) is 0 Å². The van der Waals surface area contributed by atoms with E-state index in [1.54, 1.807) is 4.90 Å². The molecule has 0 aliphatic carbocycles. The highest BCUT2D eigenvalue weighted by Crippen LogP contribution is 2.26. The largest absolute Gasteiger partial charge is 0.378 e. The highest BCUT2D eigenvalue weighted by atomic mass is 32.1. The van der Waals surface area contributed by atoms with Crippen molar-refractivity contribution in [3.05, 3.63) is 28.0 Å². The summed E-state index contributed by atoms with van der Waals surface area (Å²) in [5.41, 5.74) is 2.74. The van der Waals surface area contributed by atoms with Crippen molar-refractivity contribution in [2.75, 3.05) is 31.2 Å². The number of hydrogen-bond donors (Lipinski definition) is 0. The lowest BCUT2D eigenvalue weighted by Crippen LogP contribution is -2.37. The molecular formula is C16H20N6O2S. The van der Waals surface area contributed by atoms with E-state index in [1.165, 1.54) is 11.5 Å². The van der Waals surface area contributed by atoms with Gasteiger partial charge in [0.05, 0.1) is 31.1 Å². The molecule has 1 fully saturated rings. The van der Waals surface area contributed by atoms with Crippen molar-refractivity contribution in [2.45, 2.75) is 32.9 Å². The van der Waals surface area contributed by atoms with Gasteiger partial charge in [0.1, 0.15) is 4.88 Å². The lowest BCUT2D eigenvalue weighted by Gasteiger charge is -2.26. The molecule has 0 aromatic carbocycles. The topological polar surface area (TPSA) is 84.3 Å². The third kappa shape index (κ3) is 3.21. The quantitative estimate of drug-likeness (QED) is 0.812. The molecule has 25 heavy (non-hydrogen) atoms. The summed E-state index contributed by atoms with van der Waals surface area (Å²) in [6.45, 7) is 6.12. The zero-order valence-electron chi connectivity index (χ0n) is 14.1. The van der Waals surface area contributed by atoms with Gasteiger partial charge in [-0.2, -0.15) is 0 Å². The summed E-state index contributed by atoms with van der Waals surface area (Å²) >= 11 is 1.18. The van der Waals surface area contributed by atoms with Crippen molar-refractivity contribution in [3.63, 3.8) is 0 Å². The predicted molar refractivity (Wildman–Crippen MR) is 92.5 cm³/mol. The van der Waals surface area contributed by atoms with Crippen LogP contribution in [0.15, 0.2) is 6.20 Å². The molecule has 4 rings (SSSR count). The van der Waals surface area contributed by atoms with Gasteiger partial charge in [-0.3, -0.25) is 4.79 Å². The Morgan fingerprint density at radius 2 is 2.16 bits per heavy atom. The number of aromatic nitrogens is 4. The number of aryl methyl sites for hydroxylation is 1. The number of carbonyl (C=O) groups excluding carboxylic acids is 1. The number of amides is 1. The van der Waals surface area contributed by atoms with Gasteiger partial charge in [0.25, 0.3) is 5.91 Å². The highest BCUT2D eigenvalue weighted by molar-refractivity contribution is 7.08. The molecule has 2 aliphatic rings. The van der Waals surface area contributed by atoms with Crippen LogP contribution >= 0.6 is 11.5 Å². The molecular weight excluding hydrogens is 340 g/mol. The first-order valence-electron chi connectivity index (χ1n) is 8.54. The van der Waals surface area contributed by atoms with Crippen LogP contribution < -0.4 is 4.90 Å². The number of nitrogens with zero attached hydrogens (tertiary/aromatic N) is 6. The van der Waals surface area contributed by atoms with Crippen LogP contribution in [0, 0.1) is 0 Å². The Morgan fingerprint density at radius 3 is 2.96 bits per heavy atom. The minimum absolute atomic E-state index is 0.00984. The number of ether oxygens (including phenoxy) is 1. The first kappa shape index (κ1) is 16.3. The number of rotatable bonds is 4. The Labute approximate surface area is 150 Å². The monoisotopic (exact) mass is 360 g/mol. The molecule has 2 aromatic heterocycles. The van der Waals surface area contributed by atoms with E-state index >= 15 is 0 Å². The first-order valence-corrected chi connectivity index (χ1v) is 9.31. The van der Waals surface area contributed by atoms with Crippen molar-refractivity contribution in [1.82, 2.24) is 24.5 Å². The standard InChI is InChI=1S/C16H20N6O2S/c1-2-3-12-14(25-20-19-12)15(23)22-9-11-8-17-16(18-13(11)10-22)21-4-6-24-7-5-21/h8H,2-7,9-10H2,1H3. The Morgan fingerprint density at radius 1 is 1.32 bits per heavy atom. The third-order valence-electron chi connectivity index (χ3n) is 4.46. The summed E-state index contributed by atoms with van der Waals surface area (Å²) < 4.78 is 9.33. The van der Waals surface area contributed by atoms with E-state index in [0.717, 1.165) is 48.8 Å². The molecule has 0 bridgehead atoms. The average Bonchev–Trinajstić information content (AvgIpc) is 3.28. The van der Waals surface area contributed by atoms with Crippen molar-refractivity contribution in [1.29, 1.82) is 0 Å². The minimum Gasteiger partial charge on any atom is -0.378 e. The lowest BCUT2D eigenvalue weighted by atomic mass is 10.2. The molecule has 2 aliphatic heterocycles. The second-order valence-corrected chi connectivity index (χ2v) is 6.96. The zero-order valence-corrected chi connectivity index (χ0v) is 15.0. The Bertz CT molecular complexity index is 774. The van der Waals surface area contributed by atoms with E-state index in [4.69, 9.17) is 4.74 Å². The maximum absolute atomic E-state index is 12.8. The van der Waals surface area contributed by atoms with Gasteiger partial charge >= 0.3 is 0 Å². The van der Waals surface area contributed by atoms with Gasteiger partial charge in [0.15, 0.2) is 0 Å². The van der Waals surface area contributed by atoms with Gasteiger partial charge in [0, 0.05) is 31.4 Å². The van der Waals surface area contributed by atoms with E-state index in [0.29, 0.717) is 31.2 Å². The van der Waals surface area contributed by atoms with Gasteiger partial charge in [0.2, 0.25) is 5.95 Å². The number of anilines is 1. The molecule has 2 aromatic rings. The van der Waals surface area contributed by atoms with Crippen LogP contribution in [0.1, 0.15) is 40.0 Å². The predicted octanol–water partition coefficient (Wildman–Crippen LogP) is 1.27. The molecule has 0 spiro atoms. The maximum Gasteiger partial charge on any atom is 0.268 e. The number of carbonyl (C=O) groups is 1. The molecule has 4 heterocycles. The van der Waals surface area contributed by atoms with Gasteiger partial charge < -0.3 is 14.5 Å². The summed E-state index contributed by atoms with van der Waals surface area (Å²) in [5.74, 6) is 0.715. The van der Waals surface area contributed by atoms with Crippen molar-refractivity contribution < 1.29 is 9.53 Å². The fourth-order valence-electron chi connectivity index (χ4n) is 3.12. The van der Waals surface area contributed by atoms with Gasteiger partial charge in [-0.1, -0.05) is 17.8 Å². The van der Waals surface area contributed by atoms with E-state index in [2.05, 4.69) is 31.4 Å². The SMILES string of the molecule is CCCc1nnsc1C(=O)N1Cc2cnc(N3CCOCC3)nc2C1. The molecule has 1 amide bonds. The smallest absolute Gasteiger partial charge is 0.268 e. The summed E-state index contributed by atoms with van der Waals surface area (Å²) in [7, 11) is 0. The molecule has 0 radical (unpaired) electrons. The van der Waals surface area contributed by atoms with Crippen LogP contribution in [0.25, 0.3) is 0 Å². The van der Waals surface area contributed by atoms with E-state index in [-0.39, 0.29) is 5.91 Å². The van der Waals surface area contributed by atoms with Gasteiger partial charge in [-0.15, -0.1) is 5.10 Å². The zero-order chi connectivity index (χ0) is 17.2. The summed E-state index contributed by atoms with van der Waals surface area (Å²) in [6.07, 6.45) is 3.57. The van der Waals surface area contributed by atoms with Crippen molar-refractivity contribution in [2.24, 2.45) is 0 Å². The second-order valence-electron chi connectivity index (χ2n) is 6.20. The van der Waals surface area contributed by atoms with Crippen LogP contribution in [0.3, 0.4) is 0 Å². The number of morpholine rings is 1. The molecule has 0 saturated carbocycles. The van der Waals surface area contributed by atoms with Crippen LogP contribution in [-0.2, 0) is 24.2 Å². The normalized spacial score (nSPS) is 17.0. The van der Waals surface area contributed by atoms with Crippen molar-refractivity contribution >= 4 is 23.4 Å². The Balaban J connectivity index is 1.50. The van der Waals surface area contributed by atoms with E-state index in [1.807, 2.05) is 6.20 Å². The molecule has 0 N–H and O–H groups in total. The van der Waals surface area contributed by atoms with Gasteiger partial charge in [-0.05, 0) is 18.0 Å². The molecule has 8 nitrogen and oxygen atoms in total. The molecule has 0 atom stereocenters. The maximum atomic E-state index is 12.8. The van der Waals surface area contributed by atoms with E-state index < -0.39 is 0 Å². The fraction of sp³-hybridized carbons (Fsp3) is 0.562. The molecule has 1 saturated heterocycles. The Kier molecular flexibility index (Phi) is 4.58. The van der Waals surface area contributed by atoms with E-state index in [9.17, 15) is 4.79 Å². The molecule has 9 heteroatoms. The summed E-state index contributed by atoms with van der Waals surface area (Å²) in [6, 6.07) is 0.